The molecule has 0 aliphatic rings. The summed E-state index contributed by atoms with van der Waals surface area (Å²) in [6, 6.07) is 5.34. The normalized spacial score (nSPS) is 9.69. The van der Waals surface area contributed by atoms with Crippen LogP contribution in [0.4, 0.5) is 0 Å². The largest absolute Gasteiger partial charge is 0.497 e. The van der Waals surface area contributed by atoms with E-state index >= 15 is 0 Å². The van der Waals surface area contributed by atoms with Crippen LogP contribution in [0.5, 0.6) is 11.5 Å². The monoisotopic (exact) mass is 288 g/mol. The van der Waals surface area contributed by atoms with Gasteiger partial charge in [-0.05, 0) is 12.1 Å². The molecule has 0 aliphatic heterocycles. The van der Waals surface area contributed by atoms with Crippen molar-refractivity contribution in [3.63, 3.8) is 0 Å². The van der Waals surface area contributed by atoms with Gasteiger partial charge in [-0.2, -0.15) is 0 Å². The first kappa shape index (κ1) is 12.8. The molecule has 1 rings (SSSR count). The Hall–Kier alpha value is -1.23. The molecule has 0 saturated carbocycles. The van der Waals surface area contributed by atoms with Gasteiger partial charge in [0, 0.05) is 11.6 Å². The van der Waals surface area contributed by atoms with E-state index in [9.17, 15) is 4.79 Å². The van der Waals surface area contributed by atoms with E-state index in [4.69, 9.17) is 14.2 Å². The van der Waals surface area contributed by atoms with E-state index in [1.165, 1.54) is 0 Å². The third-order valence-electron chi connectivity index (χ3n) is 1.99. The third kappa shape index (κ3) is 3.41. The number of benzene rings is 1. The van der Waals surface area contributed by atoms with Crippen molar-refractivity contribution in [1.29, 1.82) is 0 Å². The summed E-state index contributed by atoms with van der Waals surface area (Å²) in [7, 11) is 3.14. The summed E-state index contributed by atoms with van der Waals surface area (Å²) < 4.78 is 15.2. The van der Waals surface area contributed by atoms with Gasteiger partial charge in [0.15, 0.2) is 0 Å². The SMILES string of the molecule is COc1ccc(COC(=O)CBr)c(OC)c1. The van der Waals surface area contributed by atoms with Crippen molar-refractivity contribution in [1.82, 2.24) is 0 Å². The minimum Gasteiger partial charge on any atom is -0.497 e. The molecule has 0 atom stereocenters. The quantitative estimate of drug-likeness (QED) is 0.615. The Morgan fingerprint density at radius 3 is 2.62 bits per heavy atom. The predicted molar refractivity (Wildman–Crippen MR) is 63.1 cm³/mol. The summed E-state index contributed by atoms with van der Waals surface area (Å²) in [5, 5.41) is 0.186. The molecule has 5 heteroatoms. The number of methoxy groups -OCH3 is 2. The number of carbonyl (C=O) groups excluding carboxylic acids is 1. The minimum atomic E-state index is -0.308. The highest BCUT2D eigenvalue weighted by atomic mass is 79.9. The Balaban J connectivity index is 2.75. The average Bonchev–Trinajstić information content (AvgIpc) is 2.35. The number of hydrogen-bond acceptors (Lipinski definition) is 4. The van der Waals surface area contributed by atoms with Crippen molar-refractivity contribution in [2.45, 2.75) is 6.61 Å². The standard InChI is InChI=1S/C11H13BrO4/c1-14-9-4-3-8(10(5-9)15-2)7-16-11(13)6-12/h3-5H,6-7H2,1-2H3. The molecular formula is C11H13BrO4. The molecule has 88 valence electrons. The second kappa shape index (κ2) is 6.37. The second-order valence-corrected chi connectivity index (χ2v) is 3.53. The topological polar surface area (TPSA) is 44.8 Å². The highest BCUT2D eigenvalue weighted by Crippen LogP contribution is 2.25. The fourth-order valence-corrected chi connectivity index (χ4v) is 1.33. The Bertz CT molecular complexity index is 365. The Labute approximate surface area is 103 Å². The van der Waals surface area contributed by atoms with Crippen LogP contribution in [0.25, 0.3) is 0 Å². The van der Waals surface area contributed by atoms with E-state index in [-0.39, 0.29) is 17.9 Å². The molecule has 0 bridgehead atoms. The second-order valence-electron chi connectivity index (χ2n) is 2.97. The fraction of sp³-hybridized carbons (Fsp3) is 0.364. The van der Waals surface area contributed by atoms with Crippen LogP contribution in [0.15, 0.2) is 18.2 Å². The van der Waals surface area contributed by atoms with Gasteiger partial charge in [-0.15, -0.1) is 0 Å². The fourth-order valence-electron chi connectivity index (χ4n) is 1.17. The summed E-state index contributed by atoms with van der Waals surface area (Å²) >= 11 is 3.02. The molecule has 1 aromatic carbocycles. The highest BCUT2D eigenvalue weighted by molar-refractivity contribution is 9.09. The molecule has 0 radical (unpaired) electrons. The lowest BCUT2D eigenvalue weighted by Gasteiger charge is -2.10. The van der Waals surface area contributed by atoms with Crippen LogP contribution < -0.4 is 9.47 Å². The van der Waals surface area contributed by atoms with Gasteiger partial charge < -0.3 is 14.2 Å². The van der Waals surface area contributed by atoms with Crippen LogP contribution in [0.1, 0.15) is 5.56 Å². The molecule has 0 N–H and O–H groups in total. The van der Waals surface area contributed by atoms with Gasteiger partial charge >= 0.3 is 5.97 Å². The Kier molecular flexibility index (Phi) is 5.11. The Morgan fingerprint density at radius 2 is 2.06 bits per heavy atom. The number of alkyl halides is 1. The van der Waals surface area contributed by atoms with Gasteiger partial charge in [0.1, 0.15) is 23.4 Å². The van der Waals surface area contributed by atoms with E-state index in [1.54, 1.807) is 32.4 Å². The maximum Gasteiger partial charge on any atom is 0.316 e. The van der Waals surface area contributed by atoms with Crippen LogP contribution in [0, 0.1) is 0 Å². The maximum absolute atomic E-state index is 11.0. The number of ether oxygens (including phenoxy) is 3. The average molecular weight is 289 g/mol. The van der Waals surface area contributed by atoms with Crippen molar-refractivity contribution in [2.24, 2.45) is 0 Å². The number of rotatable bonds is 5. The van der Waals surface area contributed by atoms with Crippen LogP contribution in [-0.2, 0) is 16.1 Å². The van der Waals surface area contributed by atoms with E-state index in [0.29, 0.717) is 11.5 Å². The first-order valence-corrected chi connectivity index (χ1v) is 5.76. The molecule has 0 amide bonds. The van der Waals surface area contributed by atoms with Gasteiger partial charge in [0.25, 0.3) is 0 Å². The van der Waals surface area contributed by atoms with Gasteiger partial charge in [-0.3, -0.25) is 4.79 Å². The van der Waals surface area contributed by atoms with Crippen LogP contribution >= 0.6 is 15.9 Å². The number of halogens is 1. The minimum absolute atomic E-state index is 0.186. The molecular weight excluding hydrogens is 276 g/mol. The summed E-state index contributed by atoms with van der Waals surface area (Å²) in [6.07, 6.45) is 0. The van der Waals surface area contributed by atoms with E-state index in [0.717, 1.165) is 5.56 Å². The third-order valence-corrected chi connectivity index (χ3v) is 2.45. The van der Waals surface area contributed by atoms with Crippen molar-refractivity contribution in [3.05, 3.63) is 23.8 Å². The Morgan fingerprint density at radius 1 is 1.31 bits per heavy atom. The number of hydrogen-bond donors (Lipinski definition) is 0. The summed E-state index contributed by atoms with van der Waals surface area (Å²) in [5.41, 5.74) is 0.803. The van der Waals surface area contributed by atoms with Gasteiger partial charge in [0.05, 0.1) is 14.2 Å². The van der Waals surface area contributed by atoms with E-state index < -0.39 is 0 Å². The molecule has 0 spiro atoms. The zero-order valence-corrected chi connectivity index (χ0v) is 10.7. The van der Waals surface area contributed by atoms with E-state index in [1.807, 2.05) is 0 Å². The summed E-state index contributed by atoms with van der Waals surface area (Å²) in [4.78, 5) is 11.0. The van der Waals surface area contributed by atoms with Crippen molar-refractivity contribution < 1.29 is 19.0 Å². The molecule has 0 heterocycles. The van der Waals surface area contributed by atoms with Gasteiger partial charge in [0.2, 0.25) is 0 Å². The number of carbonyl (C=O) groups is 1. The smallest absolute Gasteiger partial charge is 0.316 e. The number of esters is 1. The summed E-state index contributed by atoms with van der Waals surface area (Å²) in [5.74, 6) is 1.03. The van der Waals surface area contributed by atoms with Crippen molar-refractivity contribution in [2.75, 3.05) is 19.5 Å². The predicted octanol–water partition coefficient (Wildman–Crippen LogP) is 2.14. The zero-order valence-electron chi connectivity index (χ0n) is 9.16. The molecule has 0 unspecified atom stereocenters. The zero-order chi connectivity index (χ0) is 12.0. The van der Waals surface area contributed by atoms with Crippen LogP contribution in [-0.4, -0.2) is 25.5 Å². The van der Waals surface area contributed by atoms with Crippen LogP contribution in [0.2, 0.25) is 0 Å². The lowest BCUT2D eigenvalue weighted by molar-refractivity contribution is -0.141. The molecule has 0 aliphatic carbocycles. The first-order chi connectivity index (χ1) is 7.71. The van der Waals surface area contributed by atoms with Crippen LogP contribution in [0.3, 0.4) is 0 Å². The molecule has 0 aromatic heterocycles. The lowest BCUT2D eigenvalue weighted by Crippen LogP contribution is -2.06. The lowest BCUT2D eigenvalue weighted by atomic mass is 10.2. The first-order valence-electron chi connectivity index (χ1n) is 4.63. The van der Waals surface area contributed by atoms with Gasteiger partial charge in [-0.25, -0.2) is 0 Å². The molecule has 16 heavy (non-hydrogen) atoms. The highest BCUT2D eigenvalue weighted by Gasteiger charge is 2.07. The molecule has 1 aromatic rings. The van der Waals surface area contributed by atoms with Crippen molar-refractivity contribution >= 4 is 21.9 Å². The molecule has 0 saturated heterocycles. The molecule has 4 nitrogen and oxygen atoms in total. The van der Waals surface area contributed by atoms with E-state index in [2.05, 4.69) is 15.9 Å². The maximum atomic E-state index is 11.0. The van der Waals surface area contributed by atoms with Crippen molar-refractivity contribution in [3.8, 4) is 11.5 Å². The van der Waals surface area contributed by atoms with Gasteiger partial charge in [-0.1, -0.05) is 15.9 Å². The molecule has 0 fully saturated rings. The summed E-state index contributed by atoms with van der Waals surface area (Å²) in [6.45, 7) is 0.192.